The van der Waals surface area contributed by atoms with Gasteiger partial charge in [0, 0.05) is 29.0 Å². The summed E-state index contributed by atoms with van der Waals surface area (Å²) in [6.07, 6.45) is 4.62. The third-order valence-corrected chi connectivity index (χ3v) is 3.78. The van der Waals surface area contributed by atoms with Crippen molar-refractivity contribution in [2.24, 2.45) is 0 Å². The third-order valence-electron chi connectivity index (χ3n) is 3.03. The molecule has 0 aliphatic carbocycles. The van der Waals surface area contributed by atoms with Gasteiger partial charge in [-0.3, -0.25) is 0 Å². The predicted octanol–water partition coefficient (Wildman–Crippen LogP) is 2.55. The highest BCUT2D eigenvalue weighted by molar-refractivity contribution is 9.10. The third kappa shape index (κ3) is 1.98. The maximum Gasteiger partial charge on any atom is 0.159 e. The number of aromatic nitrogens is 2. The lowest BCUT2D eigenvalue weighted by Crippen LogP contribution is -2.24. The molecule has 0 spiro atoms. The van der Waals surface area contributed by atoms with Gasteiger partial charge in [0.1, 0.15) is 0 Å². The Labute approximate surface area is 108 Å². The summed E-state index contributed by atoms with van der Waals surface area (Å²) >= 11 is 3.62. The zero-order valence-corrected chi connectivity index (χ0v) is 10.9. The topological polar surface area (TPSA) is 37.8 Å². The fourth-order valence-corrected chi connectivity index (χ4v) is 2.78. The maximum absolute atomic E-state index is 4.33. The first-order valence-corrected chi connectivity index (χ1v) is 6.44. The van der Waals surface area contributed by atoms with Crippen LogP contribution in [0.5, 0.6) is 0 Å². The molecule has 0 atom stereocenters. The number of nitrogens with one attached hydrogen (secondary N) is 1. The van der Waals surface area contributed by atoms with Gasteiger partial charge in [-0.25, -0.2) is 9.97 Å². The van der Waals surface area contributed by atoms with Gasteiger partial charge in [0.15, 0.2) is 5.82 Å². The van der Waals surface area contributed by atoms with Crippen molar-refractivity contribution in [1.29, 1.82) is 0 Å². The summed E-state index contributed by atoms with van der Waals surface area (Å²) in [5, 5.41) is 3.40. The smallest absolute Gasteiger partial charge is 0.159 e. The van der Waals surface area contributed by atoms with E-state index in [4.69, 9.17) is 0 Å². The molecule has 2 aromatic rings. The highest BCUT2D eigenvalue weighted by Gasteiger charge is 2.17. The number of rotatable bonds is 1. The Bertz CT molecular complexity index is 540. The summed E-state index contributed by atoms with van der Waals surface area (Å²) in [4.78, 5) is 8.67. The van der Waals surface area contributed by atoms with Crippen molar-refractivity contribution in [3.05, 3.63) is 46.2 Å². The molecular formula is C13H12BrN3. The molecule has 1 aromatic heterocycles. The van der Waals surface area contributed by atoms with Crippen LogP contribution in [0.25, 0.3) is 11.4 Å². The molecule has 2 heterocycles. The molecule has 0 saturated carbocycles. The predicted molar refractivity (Wildman–Crippen MR) is 70.6 cm³/mol. The van der Waals surface area contributed by atoms with E-state index in [1.165, 1.54) is 15.6 Å². The number of hydrogen-bond donors (Lipinski definition) is 1. The molecule has 0 bridgehead atoms. The van der Waals surface area contributed by atoms with Crippen molar-refractivity contribution < 1.29 is 0 Å². The zero-order valence-electron chi connectivity index (χ0n) is 9.28. The molecule has 0 fully saturated rings. The molecule has 1 N–H and O–H groups in total. The minimum atomic E-state index is 0.806. The second-order valence-electron chi connectivity index (χ2n) is 4.05. The van der Waals surface area contributed by atoms with Crippen molar-refractivity contribution >= 4 is 15.9 Å². The molecular weight excluding hydrogens is 278 g/mol. The van der Waals surface area contributed by atoms with Gasteiger partial charge in [-0.1, -0.05) is 15.9 Å². The van der Waals surface area contributed by atoms with E-state index in [0.29, 0.717) is 0 Å². The lowest BCUT2D eigenvalue weighted by molar-refractivity contribution is 0.642. The van der Waals surface area contributed by atoms with Gasteiger partial charge in [0.05, 0.1) is 0 Å². The van der Waals surface area contributed by atoms with Gasteiger partial charge >= 0.3 is 0 Å². The van der Waals surface area contributed by atoms with E-state index in [1.807, 2.05) is 6.07 Å². The molecule has 86 valence electrons. The van der Waals surface area contributed by atoms with Crippen LogP contribution < -0.4 is 5.32 Å². The first-order chi connectivity index (χ1) is 8.36. The Morgan fingerprint density at radius 2 is 1.94 bits per heavy atom. The summed E-state index contributed by atoms with van der Waals surface area (Å²) in [5.74, 6) is 0.806. The van der Waals surface area contributed by atoms with Crippen LogP contribution in [-0.4, -0.2) is 16.5 Å². The molecule has 1 aliphatic rings. The fraction of sp³-hybridized carbons (Fsp3) is 0.231. The van der Waals surface area contributed by atoms with Crippen LogP contribution in [0, 0.1) is 0 Å². The SMILES string of the molecule is Brc1ccc(-c2ncccn2)c2c1CCNC2. The van der Waals surface area contributed by atoms with Crippen LogP contribution in [0.2, 0.25) is 0 Å². The summed E-state index contributed by atoms with van der Waals surface area (Å²) in [5.41, 5.74) is 3.83. The lowest BCUT2D eigenvalue weighted by Gasteiger charge is -2.21. The van der Waals surface area contributed by atoms with Gasteiger partial charge in [0.25, 0.3) is 0 Å². The van der Waals surface area contributed by atoms with Gasteiger partial charge in [-0.2, -0.15) is 0 Å². The number of nitrogens with zero attached hydrogens (tertiary/aromatic N) is 2. The molecule has 1 aromatic carbocycles. The van der Waals surface area contributed by atoms with E-state index in [2.05, 4.69) is 43.3 Å². The average Bonchev–Trinajstić information content (AvgIpc) is 2.41. The summed E-state index contributed by atoms with van der Waals surface area (Å²) in [7, 11) is 0. The summed E-state index contributed by atoms with van der Waals surface area (Å²) < 4.78 is 1.19. The van der Waals surface area contributed by atoms with Gasteiger partial charge in [0.2, 0.25) is 0 Å². The molecule has 0 radical (unpaired) electrons. The van der Waals surface area contributed by atoms with Crippen LogP contribution >= 0.6 is 15.9 Å². The van der Waals surface area contributed by atoms with E-state index in [1.54, 1.807) is 12.4 Å². The molecule has 4 heteroatoms. The Balaban J connectivity index is 2.18. The maximum atomic E-state index is 4.33. The summed E-state index contributed by atoms with van der Waals surface area (Å²) in [6.45, 7) is 1.92. The molecule has 3 nitrogen and oxygen atoms in total. The fourth-order valence-electron chi connectivity index (χ4n) is 2.21. The lowest BCUT2D eigenvalue weighted by atomic mass is 9.95. The van der Waals surface area contributed by atoms with Crippen molar-refractivity contribution in [3.8, 4) is 11.4 Å². The van der Waals surface area contributed by atoms with E-state index in [0.717, 1.165) is 30.9 Å². The second kappa shape index (κ2) is 4.55. The first-order valence-electron chi connectivity index (χ1n) is 5.64. The molecule has 1 aliphatic heterocycles. The van der Waals surface area contributed by atoms with Crippen LogP contribution in [0.15, 0.2) is 35.1 Å². The minimum absolute atomic E-state index is 0.806. The van der Waals surface area contributed by atoms with Crippen LogP contribution in [-0.2, 0) is 13.0 Å². The zero-order chi connectivity index (χ0) is 11.7. The van der Waals surface area contributed by atoms with Crippen molar-refractivity contribution in [1.82, 2.24) is 15.3 Å². The van der Waals surface area contributed by atoms with Gasteiger partial charge in [-0.15, -0.1) is 0 Å². The van der Waals surface area contributed by atoms with E-state index < -0.39 is 0 Å². The highest BCUT2D eigenvalue weighted by Crippen LogP contribution is 2.31. The number of fused-ring (bicyclic) bond motifs is 1. The molecule has 0 amide bonds. The van der Waals surface area contributed by atoms with Crippen molar-refractivity contribution in [3.63, 3.8) is 0 Å². The summed E-state index contributed by atoms with van der Waals surface area (Å²) in [6, 6.07) is 6.02. The Morgan fingerprint density at radius 1 is 1.12 bits per heavy atom. The van der Waals surface area contributed by atoms with Crippen molar-refractivity contribution in [2.45, 2.75) is 13.0 Å². The second-order valence-corrected chi connectivity index (χ2v) is 4.91. The van der Waals surface area contributed by atoms with Crippen LogP contribution in [0.3, 0.4) is 0 Å². The minimum Gasteiger partial charge on any atom is -0.312 e. The number of benzene rings is 1. The van der Waals surface area contributed by atoms with E-state index in [9.17, 15) is 0 Å². The molecule has 17 heavy (non-hydrogen) atoms. The number of halogens is 1. The highest BCUT2D eigenvalue weighted by atomic mass is 79.9. The standard InChI is InChI=1S/C13H12BrN3/c14-12-3-2-10(13-16-5-1-6-17-13)11-8-15-7-4-9(11)12/h1-3,5-6,15H,4,7-8H2. The monoisotopic (exact) mass is 289 g/mol. The Morgan fingerprint density at radius 3 is 2.76 bits per heavy atom. The normalized spacial score (nSPS) is 14.4. The largest absolute Gasteiger partial charge is 0.312 e. The van der Waals surface area contributed by atoms with E-state index in [-0.39, 0.29) is 0 Å². The van der Waals surface area contributed by atoms with Gasteiger partial charge in [-0.05, 0) is 42.3 Å². The molecule has 0 unspecified atom stereocenters. The van der Waals surface area contributed by atoms with Gasteiger partial charge < -0.3 is 5.32 Å². The van der Waals surface area contributed by atoms with Crippen LogP contribution in [0.1, 0.15) is 11.1 Å². The van der Waals surface area contributed by atoms with Crippen LogP contribution in [0.4, 0.5) is 0 Å². The first kappa shape index (κ1) is 10.9. The Kier molecular flexibility index (Phi) is 2.91. The average molecular weight is 290 g/mol. The Hall–Kier alpha value is -1.26. The van der Waals surface area contributed by atoms with Crippen molar-refractivity contribution in [2.75, 3.05) is 6.54 Å². The quantitative estimate of drug-likeness (QED) is 0.877. The van der Waals surface area contributed by atoms with E-state index >= 15 is 0 Å². The molecule has 0 saturated heterocycles. The number of hydrogen-bond acceptors (Lipinski definition) is 3. The molecule has 3 rings (SSSR count).